The van der Waals surface area contributed by atoms with Crippen LogP contribution in [0.15, 0.2) is 89.3 Å². The maximum absolute atomic E-state index is 13.6. The fourth-order valence-corrected chi connectivity index (χ4v) is 4.93. The Morgan fingerprint density at radius 2 is 1.60 bits per heavy atom. The van der Waals surface area contributed by atoms with E-state index in [9.17, 15) is 14.0 Å². The van der Waals surface area contributed by atoms with Crippen LogP contribution >= 0.6 is 0 Å². The topological polar surface area (TPSA) is 95.1 Å². The first-order chi connectivity index (χ1) is 20.3. The van der Waals surface area contributed by atoms with Gasteiger partial charge in [0.25, 0.3) is 11.8 Å². The van der Waals surface area contributed by atoms with Crippen molar-refractivity contribution in [1.82, 2.24) is 10.6 Å². The molecule has 5 rings (SSSR count). The number of benzene rings is 4. The summed E-state index contributed by atoms with van der Waals surface area (Å²) in [6.45, 7) is 4.60. The Labute approximate surface area is 243 Å². The molecular weight excluding hydrogens is 529 g/mol. The normalized spacial score (nSPS) is 11.0. The molecule has 1 heterocycles. The SMILES string of the molecule is CNC(=O)c1c(-c2ccc(F)cc2)oc2ccc(-c3ccc(-c4cccc(CC#N)c4)c(C(=O)NCC(C)C)c3)cc12. The second kappa shape index (κ2) is 12.1. The summed E-state index contributed by atoms with van der Waals surface area (Å²) in [4.78, 5) is 26.5. The highest BCUT2D eigenvalue weighted by atomic mass is 19.1. The lowest BCUT2D eigenvalue weighted by Gasteiger charge is -2.14. The minimum absolute atomic E-state index is 0.194. The second-order valence-electron chi connectivity index (χ2n) is 10.5. The first-order valence-electron chi connectivity index (χ1n) is 13.7. The number of nitrogens with one attached hydrogen (secondary N) is 2. The third-order valence-corrected chi connectivity index (χ3v) is 7.04. The van der Waals surface area contributed by atoms with Crippen molar-refractivity contribution in [3.05, 3.63) is 107 Å². The maximum atomic E-state index is 13.6. The average molecular weight is 560 g/mol. The smallest absolute Gasteiger partial charge is 0.255 e. The highest BCUT2D eigenvalue weighted by Gasteiger charge is 2.23. The molecule has 7 heteroatoms. The van der Waals surface area contributed by atoms with Crippen LogP contribution in [0, 0.1) is 23.1 Å². The maximum Gasteiger partial charge on any atom is 0.255 e. The molecule has 1 aromatic heterocycles. The molecule has 2 amide bonds. The van der Waals surface area contributed by atoms with Gasteiger partial charge in [0, 0.05) is 30.1 Å². The van der Waals surface area contributed by atoms with Gasteiger partial charge in [-0.25, -0.2) is 4.39 Å². The number of rotatable bonds is 8. The third kappa shape index (κ3) is 5.79. The van der Waals surface area contributed by atoms with E-state index in [0.717, 1.165) is 27.8 Å². The molecule has 4 aromatic carbocycles. The van der Waals surface area contributed by atoms with Gasteiger partial charge >= 0.3 is 0 Å². The van der Waals surface area contributed by atoms with Crippen LogP contribution in [-0.2, 0) is 6.42 Å². The van der Waals surface area contributed by atoms with Gasteiger partial charge in [0.15, 0.2) is 0 Å². The fraction of sp³-hybridized carbons (Fsp3) is 0.171. The van der Waals surface area contributed by atoms with Gasteiger partial charge in [0.1, 0.15) is 17.2 Å². The lowest BCUT2D eigenvalue weighted by atomic mass is 9.92. The van der Waals surface area contributed by atoms with Crippen molar-refractivity contribution in [2.24, 2.45) is 5.92 Å². The molecule has 0 spiro atoms. The van der Waals surface area contributed by atoms with Crippen LogP contribution in [0.25, 0.3) is 44.5 Å². The molecular formula is C35H30FN3O3. The molecule has 0 unspecified atom stereocenters. The Bertz CT molecular complexity index is 1830. The first kappa shape index (κ1) is 28.3. The molecule has 0 bridgehead atoms. The number of fused-ring (bicyclic) bond motifs is 1. The summed E-state index contributed by atoms with van der Waals surface area (Å²) >= 11 is 0. The minimum atomic E-state index is -0.382. The number of amides is 2. The van der Waals surface area contributed by atoms with Crippen molar-refractivity contribution < 1.29 is 18.4 Å². The van der Waals surface area contributed by atoms with Crippen LogP contribution in [-0.4, -0.2) is 25.4 Å². The molecule has 0 aliphatic rings. The number of halogens is 1. The molecule has 0 aliphatic carbocycles. The van der Waals surface area contributed by atoms with Crippen molar-refractivity contribution in [1.29, 1.82) is 5.26 Å². The number of nitriles is 1. The van der Waals surface area contributed by atoms with Gasteiger partial charge in [-0.3, -0.25) is 9.59 Å². The summed E-state index contributed by atoms with van der Waals surface area (Å²) in [6.07, 6.45) is 0.277. The number of hydrogen-bond donors (Lipinski definition) is 2. The zero-order valence-corrected chi connectivity index (χ0v) is 23.6. The molecule has 0 saturated carbocycles. The zero-order valence-electron chi connectivity index (χ0n) is 23.6. The van der Waals surface area contributed by atoms with Crippen LogP contribution in [0.1, 0.15) is 40.1 Å². The molecule has 0 saturated heterocycles. The van der Waals surface area contributed by atoms with Gasteiger partial charge in [0.05, 0.1) is 18.1 Å². The predicted molar refractivity (Wildman–Crippen MR) is 162 cm³/mol. The van der Waals surface area contributed by atoms with Crippen molar-refractivity contribution in [3.63, 3.8) is 0 Å². The molecule has 210 valence electrons. The van der Waals surface area contributed by atoms with Gasteiger partial charge in [-0.2, -0.15) is 5.26 Å². The monoisotopic (exact) mass is 559 g/mol. The zero-order chi connectivity index (χ0) is 29.8. The van der Waals surface area contributed by atoms with Crippen molar-refractivity contribution in [3.8, 4) is 39.6 Å². The van der Waals surface area contributed by atoms with E-state index in [4.69, 9.17) is 9.68 Å². The van der Waals surface area contributed by atoms with E-state index in [1.807, 2.05) is 68.4 Å². The van der Waals surface area contributed by atoms with E-state index in [1.54, 1.807) is 25.2 Å². The largest absolute Gasteiger partial charge is 0.455 e. The molecule has 0 radical (unpaired) electrons. The van der Waals surface area contributed by atoms with Crippen molar-refractivity contribution in [2.45, 2.75) is 20.3 Å². The Morgan fingerprint density at radius 1 is 0.881 bits per heavy atom. The van der Waals surface area contributed by atoms with E-state index in [0.29, 0.717) is 40.0 Å². The summed E-state index contributed by atoms with van der Waals surface area (Å²) in [5.74, 6) is -0.275. The van der Waals surface area contributed by atoms with E-state index >= 15 is 0 Å². The Balaban J connectivity index is 1.64. The fourth-order valence-electron chi connectivity index (χ4n) is 4.93. The predicted octanol–water partition coefficient (Wildman–Crippen LogP) is 7.38. The van der Waals surface area contributed by atoms with Crippen LogP contribution in [0.3, 0.4) is 0 Å². The summed E-state index contributed by atoms with van der Waals surface area (Å²) in [5.41, 5.74) is 6.01. The van der Waals surface area contributed by atoms with Crippen molar-refractivity contribution in [2.75, 3.05) is 13.6 Å². The first-order valence-corrected chi connectivity index (χ1v) is 13.7. The summed E-state index contributed by atoms with van der Waals surface area (Å²) in [6, 6.07) is 26.9. The van der Waals surface area contributed by atoms with Crippen LogP contribution in [0.5, 0.6) is 0 Å². The minimum Gasteiger partial charge on any atom is -0.455 e. The number of nitrogens with zero attached hydrogens (tertiary/aromatic N) is 1. The van der Waals surface area contributed by atoms with Gasteiger partial charge in [0.2, 0.25) is 0 Å². The third-order valence-electron chi connectivity index (χ3n) is 7.04. The summed E-state index contributed by atoms with van der Waals surface area (Å²) in [7, 11) is 1.55. The summed E-state index contributed by atoms with van der Waals surface area (Å²) in [5, 5.41) is 15.5. The number of hydrogen-bond acceptors (Lipinski definition) is 4. The van der Waals surface area contributed by atoms with Crippen LogP contribution < -0.4 is 10.6 Å². The molecule has 0 atom stereocenters. The highest BCUT2D eigenvalue weighted by Crippen LogP contribution is 2.37. The lowest BCUT2D eigenvalue weighted by molar-refractivity contribution is 0.0946. The highest BCUT2D eigenvalue weighted by molar-refractivity contribution is 6.12. The Morgan fingerprint density at radius 3 is 2.31 bits per heavy atom. The lowest BCUT2D eigenvalue weighted by Crippen LogP contribution is -2.27. The molecule has 5 aromatic rings. The summed E-state index contributed by atoms with van der Waals surface area (Å²) < 4.78 is 19.7. The number of carbonyl (C=O) groups excluding carboxylic acids is 2. The van der Waals surface area contributed by atoms with Gasteiger partial charge in [-0.15, -0.1) is 0 Å². The van der Waals surface area contributed by atoms with Gasteiger partial charge in [-0.05, 0) is 76.2 Å². The van der Waals surface area contributed by atoms with E-state index in [-0.39, 0.29) is 30.0 Å². The van der Waals surface area contributed by atoms with Crippen molar-refractivity contribution >= 4 is 22.8 Å². The molecule has 0 fully saturated rings. The Kier molecular flexibility index (Phi) is 8.16. The number of furan rings is 1. The van der Waals surface area contributed by atoms with Gasteiger partial charge in [-0.1, -0.05) is 56.3 Å². The molecule has 2 N–H and O–H groups in total. The standard InChI is InChI=1S/C35H30FN3O3/c1-21(2)20-39-34(40)29-18-24(9-13-28(29)26-6-4-5-22(17-26)15-16-37)25-10-14-31-30(19-25)32(35(41)38-3)33(42-31)23-7-11-27(36)12-8-23/h4-14,17-19,21H,15,20H2,1-3H3,(H,38,41)(H,39,40). The molecule has 42 heavy (non-hydrogen) atoms. The van der Waals surface area contributed by atoms with Gasteiger partial charge < -0.3 is 15.1 Å². The Hall–Kier alpha value is -5.22. The average Bonchev–Trinajstić information content (AvgIpc) is 3.38. The van der Waals surface area contributed by atoms with E-state index in [2.05, 4.69) is 16.7 Å². The molecule has 6 nitrogen and oxygen atoms in total. The van der Waals surface area contributed by atoms with Crippen LogP contribution in [0.4, 0.5) is 4.39 Å². The molecule has 0 aliphatic heterocycles. The van der Waals surface area contributed by atoms with E-state index < -0.39 is 0 Å². The van der Waals surface area contributed by atoms with E-state index in [1.165, 1.54) is 12.1 Å². The second-order valence-corrected chi connectivity index (χ2v) is 10.5. The quantitative estimate of drug-likeness (QED) is 0.207. The van der Waals surface area contributed by atoms with Crippen LogP contribution in [0.2, 0.25) is 0 Å². The number of carbonyl (C=O) groups is 2.